The highest BCUT2D eigenvalue weighted by molar-refractivity contribution is 8.23. The number of rotatable bonds is 4. The maximum atomic E-state index is 5.37. The third kappa shape index (κ3) is 3.71. The van der Waals surface area contributed by atoms with Crippen LogP contribution >= 0.6 is 24.0 Å². The van der Waals surface area contributed by atoms with Crippen LogP contribution < -0.4 is 5.32 Å². The van der Waals surface area contributed by atoms with Gasteiger partial charge in [-0.15, -0.1) is 0 Å². The summed E-state index contributed by atoms with van der Waals surface area (Å²) < 4.78 is 0.813. The zero-order valence-corrected chi connectivity index (χ0v) is 13.2. The van der Waals surface area contributed by atoms with Crippen LogP contribution in [-0.4, -0.2) is 15.8 Å². The third-order valence-corrected chi connectivity index (χ3v) is 4.69. The van der Waals surface area contributed by atoms with E-state index in [9.17, 15) is 0 Å². The lowest BCUT2D eigenvalue weighted by molar-refractivity contribution is 0.920. The molecule has 0 saturated heterocycles. The second-order valence-corrected chi connectivity index (χ2v) is 6.59. The predicted molar refractivity (Wildman–Crippen MR) is 93.4 cm³/mol. The number of nitrogens with one attached hydrogen (secondary N) is 1. The minimum Gasteiger partial charge on any atom is -0.370 e. The highest BCUT2D eigenvalue weighted by Gasteiger charge is 2.12. The molecule has 0 radical (unpaired) electrons. The van der Waals surface area contributed by atoms with E-state index in [4.69, 9.17) is 12.2 Å². The number of aromatic nitrogens is 1. The van der Waals surface area contributed by atoms with Crippen molar-refractivity contribution in [2.75, 3.05) is 6.54 Å². The topological polar surface area (TPSA) is 24.9 Å². The molecule has 4 heteroatoms. The van der Waals surface area contributed by atoms with E-state index in [1.807, 2.05) is 12.1 Å². The molecule has 1 aliphatic rings. The first-order chi connectivity index (χ1) is 10.3. The van der Waals surface area contributed by atoms with Gasteiger partial charge < -0.3 is 5.32 Å². The summed E-state index contributed by atoms with van der Waals surface area (Å²) >= 11 is 6.94. The van der Waals surface area contributed by atoms with Crippen molar-refractivity contribution < 1.29 is 0 Å². The Morgan fingerprint density at radius 2 is 2.00 bits per heavy atom. The van der Waals surface area contributed by atoms with E-state index in [0.717, 1.165) is 28.6 Å². The Kier molecular flexibility index (Phi) is 4.68. The zero-order valence-electron chi connectivity index (χ0n) is 11.6. The summed E-state index contributed by atoms with van der Waals surface area (Å²) in [4.78, 5) is 5.12. The first kappa shape index (κ1) is 14.3. The van der Waals surface area contributed by atoms with Crippen molar-refractivity contribution in [3.63, 3.8) is 0 Å². The first-order valence-corrected chi connectivity index (χ1v) is 8.18. The Morgan fingerprint density at radius 1 is 1.19 bits per heavy atom. The SMILES string of the molecule is S=C(NCCC1=CCc2ccccc21)Sc1ccncc1. The molecule has 1 aliphatic carbocycles. The molecule has 0 aliphatic heterocycles. The van der Waals surface area contributed by atoms with Crippen LogP contribution in [0, 0.1) is 0 Å². The number of thioether (sulfide) groups is 1. The molecule has 2 nitrogen and oxygen atoms in total. The van der Waals surface area contributed by atoms with Gasteiger partial charge in [-0.25, -0.2) is 0 Å². The molecule has 106 valence electrons. The first-order valence-electron chi connectivity index (χ1n) is 6.96. The lowest BCUT2D eigenvalue weighted by Gasteiger charge is -2.09. The summed E-state index contributed by atoms with van der Waals surface area (Å²) in [5.74, 6) is 0. The summed E-state index contributed by atoms with van der Waals surface area (Å²) in [7, 11) is 0. The minimum atomic E-state index is 0.813. The number of nitrogens with zero attached hydrogens (tertiary/aromatic N) is 1. The predicted octanol–water partition coefficient (Wildman–Crippen LogP) is 4.08. The van der Waals surface area contributed by atoms with Gasteiger partial charge in [-0.2, -0.15) is 0 Å². The monoisotopic (exact) mass is 312 g/mol. The Labute approximate surface area is 134 Å². The molecule has 0 saturated carbocycles. The number of fused-ring (bicyclic) bond motifs is 1. The fourth-order valence-corrected chi connectivity index (χ4v) is 3.48. The van der Waals surface area contributed by atoms with Gasteiger partial charge in [0.15, 0.2) is 0 Å². The molecule has 21 heavy (non-hydrogen) atoms. The second-order valence-electron chi connectivity index (χ2n) is 4.84. The fraction of sp³-hybridized carbons (Fsp3) is 0.176. The van der Waals surface area contributed by atoms with Gasteiger partial charge in [0.25, 0.3) is 0 Å². The average molecular weight is 312 g/mol. The summed E-state index contributed by atoms with van der Waals surface area (Å²) in [5, 5.41) is 3.32. The largest absolute Gasteiger partial charge is 0.370 e. The quantitative estimate of drug-likeness (QED) is 0.679. The van der Waals surface area contributed by atoms with E-state index >= 15 is 0 Å². The van der Waals surface area contributed by atoms with E-state index in [1.165, 1.54) is 16.7 Å². The van der Waals surface area contributed by atoms with Crippen LogP contribution in [0.2, 0.25) is 0 Å². The van der Waals surface area contributed by atoms with E-state index in [-0.39, 0.29) is 0 Å². The molecule has 0 spiro atoms. The van der Waals surface area contributed by atoms with Gasteiger partial charge in [-0.05, 0) is 41.7 Å². The van der Waals surface area contributed by atoms with Crippen molar-refractivity contribution in [3.8, 4) is 0 Å². The average Bonchev–Trinajstić information content (AvgIpc) is 2.92. The fourth-order valence-electron chi connectivity index (χ4n) is 2.44. The Balaban J connectivity index is 1.48. The van der Waals surface area contributed by atoms with Crippen molar-refractivity contribution in [2.45, 2.75) is 17.7 Å². The van der Waals surface area contributed by atoms with Crippen LogP contribution in [0.25, 0.3) is 5.57 Å². The number of thiocarbonyl (C=S) groups is 1. The van der Waals surface area contributed by atoms with Crippen molar-refractivity contribution >= 4 is 33.9 Å². The normalized spacial score (nSPS) is 12.7. The van der Waals surface area contributed by atoms with Gasteiger partial charge in [-0.1, -0.05) is 54.3 Å². The molecule has 0 unspecified atom stereocenters. The maximum Gasteiger partial charge on any atom is 0.138 e. The molecule has 1 heterocycles. The Morgan fingerprint density at radius 3 is 2.86 bits per heavy atom. The van der Waals surface area contributed by atoms with Crippen molar-refractivity contribution in [1.82, 2.24) is 10.3 Å². The molecule has 3 rings (SSSR count). The van der Waals surface area contributed by atoms with E-state index in [1.54, 1.807) is 24.2 Å². The number of hydrogen-bond donors (Lipinski definition) is 1. The molecule has 0 atom stereocenters. The summed E-state index contributed by atoms with van der Waals surface area (Å²) in [6.07, 6.45) is 7.96. The van der Waals surface area contributed by atoms with Crippen LogP contribution in [0.3, 0.4) is 0 Å². The second kappa shape index (κ2) is 6.87. The third-order valence-electron chi connectivity index (χ3n) is 3.46. The highest BCUT2D eigenvalue weighted by atomic mass is 32.2. The molecule has 0 fully saturated rings. The van der Waals surface area contributed by atoms with Gasteiger partial charge >= 0.3 is 0 Å². The molecular weight excluding hydrogens is 296 g/mol. The van der Waals surface area contributed by atoms with Crippen molar-refractivity contribution in [3.05, 3.63) is 66.0 Å². The van der Waals surface area contributed by atoms with Gasteiger partial charge in [-0.3, -0.25) is 4.98 Å². The van der Waals surface area contributed by atoms with E-state index < -0.39 is 0 Å². The molecular formula is C17H16N2S2. The van der Waals surface area contributed by atoms with Crippen LogP contribution in [0.15, 0.2) is 59.8 Å². The van der Waals surface area contributed by atoms with E-state index in [0.29, 0.717) is 0 Å². The Bertz CT molecular complexity index is 666. The summed E-state index contributed by atoms with van der Waals surface area (Å²) in [5.41, 5.74) is 4.25. The number of hydrogen-bond acceptors (Lipinski definition) is 3. The zero-order chi connectivity index (χ0) is 14.5. The van der Waals surface area contributed by atoms with Crippen LogP contribution in [0.1, 0.15) is 17.5 Å². The number of benzene rings is 1. The lowest BCUT2D eigenvalue weighted by Crippen LogP contribution is -2.19. The van der Waals surface area contributed by atoms with Crippen LogP contribution in [0.5, 0.6) is 0 Å². The molecule has 1 aromatic heterocycles. The van der Waals surface area contributed by atoms with Crippen LogP contribution in [0.4, 0.5) is 0 Å². The molecule has 1 N–H and O–H groups in total. The summed E-state index contributed by atoms with van der Waals surface area (Å²) in [6.45, 7) is 0.872. The van der Waals surface area contributed by atoms with Crippen molar-refractivity contribution in [2.24, 2.45) is 0 Å². The highest BCUT2D eigenvalue weighted by Crippen LogP contribution is 2.29. The molecule has 1 aromatic carbocycles. The van der Waals surface area contributed by atoms with Crippen molar-refractivity contribution in [1.29, 1.82) is 0 Å². The molecule has 0 amide bonds. The number of allylic oxidation sites excluding steroid dienone is 1. The van der Waals surface area contributed by atoms with Crippen LogP contribution in [-0.2, 0) is 6.42 Å². The van der Waals surface area contributed by atoms with Gasteiger partial charge in [0, 0.05) is 23.8 Å². The number of pyridine rings is 1. The molecule has 0 bridgehead atoms. The van der Waals surface area contributed by atoms with Gasteiger partial charge in [0.1, 0.15) is 4.32 Å². The van der Waals surface area contributed by atoms with Gasteiger partial charge in [0.05, 0.1) is 0 Å². The Hall–Kier alpha value is -1.65. The minimum absolute atomic E-state index is 0.813. The standard InChI is InChI=1S/C17H16N2S2/c20-17(21-15-8-10-18-11-9-15)19-12-7-14-6-5-13-3-1-2-4-16(13)14/h1-4,6,8-11H,5,7,12H2,(H,19,20). The van der Waals surface area contributed by atoms with E-state index in [2.05, 4.69) is 40.6 Å². The molecule has 2 aromatic rings. The summed E-state index contributed by atoms with van der Waals surface area (Å²) in [6, 6.07) is 12.6. The maximum absolute atomic E-state index is 5.37. The smallest absolute Gasteiger partial charge is 0.138 e. The van der Waals surface area contributed by atoms with Gasteiger partial charge in [0.2, 0.25) is 0 Å². The lowest BCUT2D eigenvalue weighted by atomic mass is 10.0.